The van der Waals surface area contributed by atoms with Crippen molar-refractivity contribution >= 4 is 18.3 Å². The lowest BCUT2D eigenvalue weighted by atomic mass is 9.78. The summed E-state index contributed by atoms with van der Waals surface area (Å²) >= 11 is 0. The molecule has 1 atom stereocenters. The molecule has 1 aromatic carbocycles. The van der Waals surface area contributed by atoms with E-state index in [-0.39, 0.29) is 18.3 Å². The number of hydrogen-bond donors (Lipinski definition) is 1. The third kappa shape index (κ3) is 4.45. The minimum atomic E-state index is 0. The Labute approximate surface area is 134 Å². The van der Waals surface area contributed by atoms with Crippen molar-refractivity contribution in [1.82, 2.24) is 4.90 Å². The lowest BCUT2D eigenvalue weighted by molar-refractivity contribution is 0.0530. The molecule has 1 unspecified atom stereocenters. The van der Waals surface area contributed by atoms with Gasteiger partial charge in [-0.2, -0.15) is 0 Å². The highest BCUT2D eigenvalue weighted by atomic mass is 35.5. The van der Waals surface area contributed by atoms with Crippen LogP contribution in [0, 0.1) is 5.41 Å². The number of amides is 1. The Morgan fingerprint density at radius 1 is 1.33 bits per heavy atom. The quantitative estimate of drug-likeness (QED) is 0.923. The molecule has 1 heterocycles. The van der Waals surface area contributed by atoms with Crippen molar-refractivity contribution in [2.45, 2.75) is 46.1 Å². The van der Waals surface area contributed by atoms with Gasteiger partial charge in [0.15, 0.2) is 0 Å². The molecule has 0 bridgehead atoms. The lowest BCUT2D eigenvalue weighted by Crippen LogP contribution is -2.44. The predicted octanol–water partition coefficient (Wildman–Crippen LogP) is 3.61. The van der Waals surface area contributed by atoms with Crippen LogP contribution >= 0.6 is 12.4 Å². The van der Waals surface area contributed by atoms with Crippen LogP contribution in [-0.2, 0) is 6.54 Å². The van der Waals surface area contributed by atoms with Crippen molar-refractivity contribution in [2.75, 3.05) is 13.1 Å². The van der Waals surface area contributed by atoms with Crippen LogP contribution in [0.5, 0.6) is 0 Å². The highest BCUT2D eigenvalue weighted by molar-refractivity contribution is 5.94. The largest absolute Gasteiger partial charge is 0.338 e. The van der Waals surface area contributed by atoms with Crippen LogP contribution in [0.25, 0.3) is 0 Å². The molecule has 4 heteroatoms. The molecule has 1 saturated heterocycles. The van der Waals surface area contributed by atoms with Gasteiger partial charge in [0.2, 0.25) is 0 Å². The molecule has 1 aliphatic heterocycles. The lowest BCUT2D eigenvalue weighted by Gasteiger charge is -2.40. The Morgan fingerprint density at radius 2 is 2.00 bits per heavy atom. The maximum absolute atomic E-state index is 12.6. The second-order valence-corrected chi connectivity index (χ2v) is 6.29. The molecule has 0 saturated carbocycles. The van der Waals surface area contributed by atoms with Gasteiger partial charge in [-0.05, 0) is 42.4 Å². The van der Waals surface area contributed by atoms with E-state index in [1.54, 1.807) is 0 Å². The fourth-order valence-electron chi connectivity index (χ4n) is 3.26. The van der Waals surface area contributed by atoms with E-state index in [2.05, 4.69) is 13.8 Å². The highest BCUT2D eigenvalue weighted by Crippen LogP contribution is 2.34. The van der Waals surface area contributed by atoms with Gasteiger partial charge in [0.25, 0.3) is 5.91 Å². The molecule has 0 aromatic heterocycles. The van der Waals surface area contributed by atoms with E-state index >= 15 is 0 Å². The fourth-order valence-corrected chi connectivity index (χ4v) is 3.26. The number of halogens is 1. The Bertz CT molecular complexity index is 456. The van der Waals surface area contributed by atoms with E-state index in [1.807, 2.05) is 29.2 Å². The molecular weight excluding hydrogens is 284 g/mol. The van der Waals surface area contributed by atoms with E-state index < -0.39 is 0 Å². The van der Waals surface area contributed by atoms with Gasteiger partial charge in [-0.3, -0.25) is 4.79 Å². The number of carbonyl (C=O) groups excluding carboxylic acids is 1. The normalized spacial score (nSPS) is 21.8. The van der Waals surface area contributed by atoms with Gasteiger partial charge >= 0.3 is 0 Å². The maximum Gasteiger partial charge on any atom is 0.253 e. The number of likely N-dealkylation sites (tertiary alicyclic amines) is 1. The molecule has 0 aliphatic carbocycles. The molecular formula is C17H27ClN2O. The summed E-state index contributed by atoms with van der Waals surface area (Å²) < 4.78 is 0. The first-order chi connectivity index (χ1) is 9.58. The zero-order chi connectivity index (χ0) is 14.6. The third-order valence-corrected chi connectivity index (χ3v) is 4.36. The van der Waals surface area contributed by atoms with Crippen LogP contribution in [0.4, 0.5) is 0 Å². The number of rotatable bonds is 4. The topological polar surface area (TPSA) is 46.3 Å². The average Bonchev–Trinajstić information content (AvgIpc) is 2.46. The molecule has 3 nitrogen and oxygen atoms in total. The third-order valence-electron chi connectivity index (χ3n) is 4.36. The first kappa shape index (κ1) is 18.0. The maximum atomic E-state index is 12.6. The van der Waals surface area contributed by atoms with Crippen LogP contribution in [0.2, 0.25) is 0 Å². The van der Waals surface area contributed by atoms with E-state index in [0.29, 0.717) is 12.0 Å². The van der Waals surface area contributed by atoms with Crippen LogP contribution in [0.1, 0.15) is 55.5 Å². The number of benzene rings is 1. The minimum absolute atomic E-state index is 0. The first-order valence-electron chi connectivity index (χ1n) is 7.66. The van der Waals surface area contributed by atoms with Crippen molar-refractivity contribution in [2.24, 2.45) is 11.1 Å². The summed E-state index contributed by atoms with van der Waals surface area (Å²) in [5.41, 5.74) is 7.73. The Hall–Kier alpha value is -1.06. The number of piperidine rings is 1. The van der Waals surface area contributed by atoms with Crippen LogP contribution < -0.4 is 5.73 Å². The summed E-state index contributed by atoms with van der Waals surface area (Å²) in [5.74, 6) is 0.163. The Balaban J connectivity index is 0.00000220. The summed E-state index contributed by atoms with van der Waals surface area (Å²) in [7, 11) is 0. The highest BCUT2D eigenvalue weighted by Gasteiger charge is 2.32. The molecule has 2 rings (SSSR count). The summed E-state index contributed by atoms with van der Waals surface area (Å²) in [5, 5.41) is 0. The molecule has 118 valence electrons. The van der Waals surface area contributed by atoms with E-state index in [9.17, 15) is 4.79 Å². The van der Waals surface area contributed by atoms with Crippen molar-refractivity contribution in [3.63, 3.8) is 0 Å². The van der Waals surface area contributed by atoms with Crippen molar-refractivity contribution in [1.29, 1.82) is 0 Å². The number of hydrogen-bond acceptors (Lipinski definition) is 2. The van der Waals surface area contributed by atoms with E-state index in [1.165, 1.54) is 19.3 Å². The van der Waals surface area contributed by atoms with Gasteiger partial charge < -0.3 is 10.6 Å². The summed E-state index contributed by atoms with van der Waals surface area (Å²) in [6.07, 6.45) is 4.73. The van der Waals surface area contributed by atoms with Gasteiger partial charge in [0, 0.05) is 25.2 Å². The van der Waals surface area contributed by atoms with Crippen LogP contribution in [0.15, 0.2) is 24.3 Å². The van der Waals surface area contributed by atoms with Crippen molar-refractivity contribution in [3.8, 4) is 0 Å². The number of nitrogens with zero attached hydrogens (tertiary/aromatic N) is 1. The number of carbonyl (C=O) groups is 1. The Morgan fingerprint density at radius 3 is 2.57 bits per heavy atom. The second-order valence-electron chi connectivity index (χ2n) is 6.29. The smallest absolute Gasteiger partial charge is 0.253 e. The van der Waals surface area contributed by atoms with Gasteiger partial charge in [-0.25, -0.2) is 0 Å². The van der Waals surface area contributed by atoms with Crippen molar-refractivity contribution in [3.05, 3.63) is 35.4 Å². The molecule has 1 aromatic rings. The van der Waals surface area contributed by atoms with E-state index in [0.717, 1.165) is 30.6 Å². The number of nitrogens with two attached hydrogens (primary N) is 1. The fraction of sp³-hybridized carbons (Fsp3) is 0.588. The molecule has 1 aliphatic rings. The van der Waals surface area contributed by atoms with Gasteiger partial charge in [0.05, 0.1) is 0 Å². The summed E-state index contributed by atoms with van der Waals surface area (Å²) in [6.45, 7) is 6.83. The Kier molecular flexibility index (Phi) is 6.69. The van der Waals surface area contributed by atoms with Crippen LogP contribution in [-0.4, -0.2) is 23.9 Å². The van der Waals surface area contributed by atoms with Crippen molar-refractivity contribution < 1.29 is 4.79 Å². The predicted molar refractivity (Wildman–Crippen MR) is 89.7 cm³/mol. The molecule has 0 radical (unpaired) electrons. The minimum Gasteiger partial charge on any atom is -0.338 e. The SMILES string of the molecule is CCCC1(C)CCCN(C(=O)c2ccc(CN)cc2)C1.Cl. The van der Waals surface area contributed by atoms with Gasteiger partial charge in [-0.1, -0.05) is 32.4 Å². The summed E-state index contributed by atoms with van der Waals surface area (Å²) in [6, 6.07) is 7.69. The van der Waals surface area contributed by atoms with Crippen LogP contribution in [0.3, 0.4) is 0 Å². The molecule has 1 amide bonds. The molecule has 1 fully saturated rings. The summed E-state index contributed by atoms with van der Waals surface area (Å²) in [4.78, 5) is 14.6. The molecule has 2 N–H and O–H groups in total. The molecule has 0 spiro atoms. The standard InChI is InChI=1S/C17H26N2O.ClH/c1-3-9-17(2)10-4-11-19(13-17)16(20)15-7-5-14(12-18)6-8-15;/h5-8H,3-4,9-13,18H2,1-2H3;1H. The monoisotopic (exact) mass is 310 g/mol. The zero-order valence-electron chi connectivity index (χ0n) is 13.1. The zero-order valence-corrected chi connectivity index (χ0v) is 13.9. The average molecular weight is 311 g/mol. The first-order valence-corrected chi connectivity index (χ1v) is 7.66. The van der Waals surface area contributed by atoms with E-state index in [4.69, 9.17) is 5.73 Å². The second kappa shape index (κ2) is 7.81. The van der Waals surface area contributed by atoms with Gasteiger partial charge in [0.1, 0.15) is 0 Å². The molecule has 21 heavy (non-hydrogen) atoms. The van der Waals surface area contributed by atoms with Gasteiger partial charge in [-0.15, -0.1) is 12.4 Å².